The van der Waals surface area contributed by atoms with E-state index in [9.17, 15) is 9.18 Å². The molecule has 2 rings (SSSR count). The second kappa shape index (κ2) is 5.87. The first kappa shape index (κ1) is 14.9. The quantitative estimate of drug-likeness (QED) is 0.824. The molecule has 1 N–H and O–H groups in total. The molecule has 0 aliphatic heterocycles. The predicted molar refractivity (Wildman–Crippen MR) is 83.8 cm³/mol. The molecule has 0 aliphatic rings. The number of amides is 1. The highest BCUT2D eigenvalue weighted by Gasteiger charge is 2.25. The topological polar surface area (TPSA) is 42.0 Å². The van der Waals surface area contributed by atoms with Crippen LogP contribution in [0.5, 0.6) is 0 Å². The molecule has 0 radical (unpaired) electrons. The Hall–Kier alpha value is -1.50. The smallest absolute Gasteiger partial charge is 0.253 e. The molecule has 5 heteroatoms. The lowest BCUT2D eigenvalue weighted by molar-refractivity contribution is 0.0909. The van der Waals surface area contributed by atoms with Gasteiger partial charge in [-0.05, 0) is 66.8 Å². The number of rotatable bonds is 3. The van der Waals surface area contributed by atoms with E-state index in [2.05, 4.69) is 10.3 Å². The van der Waals surface area contributed by atoms with Crippen LogP contribution >= 0.6 is 22.6 Å². The lowest BCUT2D eigenvalue weighted by Gasteiger charge is -2.26. The molecule has 1 aromatic carbocycles. The van der Waals surface area contributed by atoms with Gasteiger partial charge in [0.2, 0.25) is 0 Å². The summed E-state index contributed by atoms with van der Waals surface area (Å²) in [6, 6.07) is 9.66. The Kier molecular flexibility index (Phi) is 4.37. The van der Waals surface area contributed by atoms with Gasteiger partial charge in [0, 0.05) is 9.77 Å². The van der Waals surface area contributed by atoms with Crippen molar-refractivity contribution in [1.29, 1.82) is 0 Å². The molecule has 0 unspecified atom stereocenters. The molecule has 104 valence electrons. The minimum absolute atomic E-state index is 0.245. The summed E-state index contributed by atoms with van der Waals surface area (Å²) in [6.45, 7) is 3.76. The Balaban J connectivity index is 2.23. The lowest BCUT2D eigenvalue weighted by atomic mass is 9.99. The highest BCUT2D eigenvalue weighted by molar-refractivity contribution is 14.1. The predicted octanol–water partition coefficient (Wildman–Crippen LogP) is 3.49. The van der Waals surface area contributed by atoms with Gasteiger partial charge in [-0.2, -0.15) is 0 Å². The van der Waals surface area contributed by atoms with Crippen LogP contribution in [0.4, 0.5) is 4.39 Å². The van der Waals surface area contributed by atoms with Crippen LogP contribution in [0, 0.1) is 9.39 Å². The lowest BCUT2D eigenvalue weighted by Crippen LogP contribution is -2.41. The summed E-state index contributed by atoms with van der Waals surface area (Å²) in [4.78, 5) is 16.6. The van der Waals surface area contributed by atoms with Crippen molar-refractivity contribution in [2.45, 2.75) is 19.4 Å². The van der Waals surface area contributed by atoms with E-state index in [4.69, 9.17) is 0 Å². The molecule has 1 aromatic heterocycles. The standard InChI is InChI=1S/C15H14FIN2O/c1-15(2,13-5-3-4-8-18-13)19-14(20)11-7-6-10(16)9-12(11)17/h3-9H,1-2H3,(H,19,20). The van der Waals surface area contributed by atoms with Gasteiger partial charge in [-0.25, -0.2) is 4.39 Å². The van der Waals surface area contributed by atoms with E-state index < -0.39 is 5.54 Å². The maximum absolute atomic E-state index is 13.1. The van der Waals surface area contributed by atoms with E-state index in [0.29, 0.717) is 9.13 Å². The number of pyridine rings is 1. The molecule has 1 amide bonds. The van der Waals surface area contributed by atoms with Crippen molar-refractivity contribution in [3.8, 4) is 0 Å². The summed E-state index contributed by atoms with van der Waals surface area (Å²) in [6.07, 6.45) is 1.69. The third-order valence-electron chi connectivity index (χ3n) is 2.91. The fraction of sp³-hybridized carbons (Fsp3) is 0.200. The summed E-state index contributed by atoms with van der Waals surface area (Å²) in [5, 5.41) is 2.92. The van der Waals surface area contributed by atoms with E-state index >= 15 is 0 Å². The fourth-order valence-electron chi connectivity index (χ4n) is 1.82. The number of halogens is 2. The third kappa shape index (κ3) is 3.33. The zero-order chi connectivity index (χ0) is 14.8. The minimum atomic E-state index is -0.601. The van der Waals surface area contributed by atoms with Gasteiger partial charge in [0.25, 0.3) is 5.91 Å². The summed E-state index contributed by atoms with van der Waals surface area (Å²) in [5.74, 6) is -0.597. The largest absolute Gasteiger partial charge is 0.341 e. The molecule has 0 spiro atoms. The highest BCUT2D eigenvalue weighted by atomic mass is 127. The van der Waals surface area contributed by atoms with Gasteiger partial charge in [-0.1, -0.05) is 6.07 Å². The van der Waals surface area contributed by atoms with Crippen molar-refractivity contribution in [2.75, 3.05) is 0 Å². The minimum Gasteiger partial charge on any atom is -0.341 e. The summed E-state index contributed by atoms with van der Waals surface area (Å²) >= 11 is 1.95. The Bertz CT molecular complexity index is 629. The van der Waals surface area contributed by atoms with Gasteiger partial charge in [-0.15, -0.1) is 0 Å². The Morgan fingerprint density at radius 2 is 2.05 bits per heavy atom. The number of nitrogens with one attached hydrogen (secondary N) is 1. The van der Waals surface area contributed by atoms with Gasteiger partial charge < -0.3 is 5.32 Å². The Labute approximate surface area is 130 Å². The first-order valence-corrected chi connectivity index (χ1v) is 7.17. The normalized spacial score (nSPS) is 11.2. The molecular formula is C15H14FIN2O. The van der Waals surface area contributed by atoms with Crippen LogP contribution < -0.4 is 5.32 Å². The Morgan fingerprint density at radius 1 is 1.30 bits per heavy atom. The first-order valence-electron chi connectivity index (χ1n) is 6.09. The number of nitrogens with zero attached hydrogens (tertiary/aromatic N) is 1. The monoisotopic (exact) mass is 384 g/mol. The highest BCUT2D eigenvalue weighted by Crippen LogP contribution is 2.20. The molecule has 2 aromatic rings. The zero-order valence-corrected chi connectivity index (χ0v) is 13.3. The number of carbonyl (C=O) groups is 1. The zero-order valence-electron chi connectivity index (χ0n) is 11.2. The van der Waals surface area contributed by atoms with Crippen LogP contribution in [0.2, 0.25) is 0 Å². The van der Waals surface area contributed by atoms with Crippen LogP contribution in [-0.2, 0) is 5.54 Å². The fourth-order valence-corrected chi connectivity index (χ4v) is 2.54. The molecule has 3 nitrogen and oxygen atoms in total. The van der Waals surface area contributed by atoms with Crippen LogP contribution in [-0.4, -0.2) is 10.9 Å². The number of hydrogen-bond acceptors (Lipinski definition) is 2. The summed E-state index contributed by atoms with van der Waals surface area (Å²) in [7, 11) is 0. The number of hydrogen-bond donors (Lipinski definition) is 1. The van der Waals surface area contributed by atoms with Crippen LogP contribution in [0.1, 0.15) is 29.9 Å². The third-order valence-corrected chi connectivity index (χ3v) is 3.80. The van der Waals surface area contributed by atoms with Crippen LogP contribution in [0.25, 0.3) is 0 Å². The second-order valence-corrected chi connectivity index (χ2v) is 6.08. The molecule has 0 fully saturated rings. The maximum atomic E-state index is 13.1. The van der Waals surface area contributed by atoms with Crippen molar-refractivity contribution in [1.82, 2.24) is 10.3 Å². The molecule has 1 heterocycles. The van der Waals surface area contributed by atoms with Crippen molar-refractivity contribution >= 4 is 28.5 Å². The van der Waals surface area contributed by atoms with Crippen molar-refractivity contribution in [2.24, 2.45) is 0 Å². The molecule has 0 atom stereocenters. The van der Waals surface area contributed by atoms with Crippen molar-refractivity contribution < 1.29 is 9.18 Å². The molecule has 0 aliphatic carbocycles. The average molecular weight is 384 g/mol. The SMILES string of the molecule is CC(C)(NC(=O)c1ccc(F)cc1I)c1ccccn1. The number of carbonyl (C=O) groups excluding carboxylic acids is 1. The van der Waals surface area contributed by atoms with Crippen molar-refractivity contribution in [3.05, 3.63) is 63.2 Å². The number of aromatic nitrogens is 1. The number of benzene rings is 1. The van der Waals surface area contributed by atoms with Crippen LogP contribution in [0.15, 0.2) is 42.6 Å². The van der Waals surface area contributed by atoms with Crippen LogP contribution in [0.3, 0.4) is 0 Å². The average Bonchev–Trinajstić information content (AvgIpc) is 2.39. The first-order chi connectivity index (χ1) is 9.40. The van der Waals surface area contributed by atoms with Gasteiger partial charge in [-0.3, -0.25) is 9.78 Å². The van der Waals surface area contributed by atoms with Crippen molar-refractivity contribution in [3.63, 3.8) is 0 Å². The summed E-state index contributed by atoms with van der Waals surface area (Å²) in [5.41, 5.74) is 0.622. The van der Waals surface area contributed by atoms with Gasteiger partial charge in [0.1, 0.15) is 5.82 Å². The van der Waals surface area contributed by atoms with E-state index in [1.54, 1.807) is 6.20 Å². The van der Waals surface area contributed by atoms with Gasteiger partial charge >= 0.3 is 0 Å². The van der Waals surface area contributed by atoms with Gasteiger partial charge in [0.05, 0.1) is 16.8 Å². The second-order valence-electron chi connectivity index (χ2n) is 4.92. The van der Waals surface area contributed by atoms with E-state index in [1.165, 1.54) is 18.2 Å². The molecule has 20 heavy (non-hydrogen) atoms. The molecule has 0 bridgehead atoms. The van der Waals surface area contributed by atoms with E-state index in [1.807, 2.05) is 54.6 Å². The summed E-state index contributed by atoms with van der Waals surface area (Å²) < 4.78 is 13.6. The van der Waals surface area contributed by atoms with E-state index in [-0.39, 0.29) is 11.7 Å². The maximum Gasteiger partial charge on any atom is 0.253 e. The molecular weight excluding hydrogens is 370 g/mol. The van der Waals surface area contributed by atoms with E-state index in [0.717, 1.165) is 5.69 Å². The van der Waals surface area contributed by atoms with Gasteiger partial charge in [0.15, 0.2) is 0 Å². The molecule has 0 saturated carbocycles. The Morgan fingerprint density at radius 3 is 2.65 bits per heavy atom. The molecule has 0 saturated heterocycles.